The van der Waals surface area contributed by atoms with Gasteiger partial charge in [-0.05, 0) is 68.1 Å². The number of benzene rings is 1. The van der Waals surface area contributed by atoms with Crippen LogP contribution in [-0.2, 0) is 11.2 Å². The van der Waals surface area contributed by atoms with Crippen molar-refractivity contribution in [2.75, 3.05) is 0 Å². The van der Waals surface area contributed by atoms with Gasteiger partial charge >= 0.3 is 0 Å². The molecule has 0 saturated heterocycles. The van der Waals surface area contributed by atoms with Crippen molar-refractivity contribution in [2.45, 2.75) is 50.5 Å². The summed E-state index contributed by atoms with van der Waals surface area (Å²) in [4.78, 5) is 12.4. The van der Waals surface area contributed by atoms with Crippen LogP contribution >= 0.6 is 0 Å². The van der Waals surface area contributed by atoms with Gasteiger partial charge in [0.1, 0.15) is 0 Å². The molecular formula is C19H23NO3. The van der Waals surface area contributed by atoms with E-state index in [0.29, 0.717) is 18.8 Å². The molecule has 0 aliphatic heterocycles. The van der Waals surface area contributed by atoms with Gasteiger partial charge < -0.3 is 15.5 Å². The highest BCUT2D eigenvalue weighted by Crippen LogP contribution is 2.52. The molecule has 4 nitrogen and oxygen atoms in total. The summed E-state index contributed by atoms with van der Waals surface area (Å²) in [5.41, 5.74) is 2.42. The predicted molar refractivity (Wildman–Crippen MR) is 87.1 cm³/mol. The molecule has 0 spiro atoms. The molecule has 4 aliphatic carbocycles. The molecule has 0 aromatic heterocycles. The van der Waals surface area contributed by atoms with Crippen molar-refractivity contribution in [2.24, 2.45) is 11.8 Å². The van der Waals surface area contributed by atoms with E-state index in [0.717, 1.165) is 30.7 Å². The number of aryl methyl sites for hydroxylation is 1. The zero-order valence-electron chi connectivity index (χ0n) is 13.2. The van der Waals surface area contributed by atoms with Gasteiger partial charge in [0.2, 0.25) is 5.91 Å². The summed E-state index contributed by atoms with van der Waals surface area (Å²) >= 11 is 0. The second kappa shape index (κ2) is 5.29. The normalized spacial score (nSPS) is 31.0. The summed E-state index contributed by atoms with van der Waals surface area (Å²) in [6, 6.07) is 4.74. The molecule has 2 fully saturated rings. The van der Waals surface area contributed by atoms with Crippen molar-refractivity contribution < 1.29 is 15.0 Å². The number of allylic oxidation sites excluding steroid dienone is 1. The van der Waals surface area contributed by atoms with E-state index in [9.17, 15) is 15.0 Å². The van der Waals surface area contributed by atoms with E-state index in [1.165, 1.54) is 25.0 Å². The van der Waals surface area contributed by atoms with Gasteiger partial charge in [-0.1, -0.05) is 17.7 Å². The summed E-state index contributed by atoms with van der Waals surface area (Å²) in [6.07, 6.45) is 9.23. The van der Waals surface area contributed by atoms with E-state index < -0.39 is 0 Å². The fourth-order valence-corrected chi connectivity index (χ4v) is 4.98. The molecule has 3 unspecified atom stereocenters. The van der Waals surface area contributed by atoms with Gasteiger partial charge in [0.15, 0.2) is 11.5 Å². The number of carbonyl (C=O) groups excluding carboxylic acids is 1. The Morgan fingerprint density at radius 3 is 2.87 bits per heavy atom. The van der Waals surface area contributed by atoms with E-state index in [4.69, 9.17) is 0 Å². The van der Waals surface area contributed by atoms with Crippen LogP contribution in [0.25, 0.3) is 0 Å². The molecule has 1 amide bonds. The molecule has 1 aromatic rings. The van der Waals surface area contributed by atoms with Crippen LogP contribution in [0.3, 0.4) is 0 Å². The fourth-order valence-electron chi connectivity index (χ4n) is 4.98. The van der Waals surface area contributed by atoms with Gasteiger partial charge in [-0.2, -0.15) is 0 Å². The molecule has 1 aromatic carbocycles. The highest BCUT2D eigenvalue weighted by atomic mass is 16.3. The van der Waals surface area contributed by atoms with Crippen LogP contribution in [0.15, 0.2) is 29.8 Å². The maximum Gasteiger partial charge on any atom is 0.220 e. The summed E-state index contributed by atoms with van der Waals surface area (Å²) < 4.78 is 0. The van der Waals surface area contributed by atoms with E-state index >= 15 is 0 Å². The third kappa shape index (κ3) is 2.82. The predicted octanol–water partition coefficient (Wildman–Crippen LogP) is 3.04. The molecule has 4 aliphatic rings. The Hall–Kier alpha value is -1.97. The van der Waals surface area contributed by atoms with Crippen LogP contribution in [0.2, 0.25) is 0 Å². The van der Waals surface area contributed by atoms with Crippen LogP contribution in [0.5, 0.6) is 11.5 Å². The highest BCUT2D eigenvalue weighted by molar-refractivity contribution is 5.77. The summed E-state index contributed by atoms with van der Waals surface area (Å²) in [6.45, 7) is 0. The van der Waals surface area contributed by atoms with Gasteiger partial charge in [-0.15, -0.1) is 0 Å². The second-order valence-corrected chi connectivity index (χ2v) is 7.63. The van der Waals surface area contributed by atoms with Crippen LogP contribution in [-0.4, -0.2) is 21.7 Å². The van der Waals surface area contributed by atoms with E-state index in [1.54, 1.807) is 11.6 Å². The Morgan fingerprint density at radius 1 is 1.26 bits per heavy atom. The Bertz CT molecular complexity index is 681. The Labute approximate surface area is 136 Å². The van der Waals surface area contributed by atoms with E-state index in [2.05, 4.69) is 11.4 Å². The first-order valence-corrected chi connectivity index (χ1v) is 8.53. The Balaban J connectivity index is 1.37. The zero-order chi connectivity index (χ0) is 16.0. The van der Waals surface area contributed by atoms with Crippen LogP contribution in [0, 0.1) is 11.8 Å². The van der Waals surface area contributed by atoms with Crippen LogP contribution < -0.4 is 5.32 Å². The molecule has 4 bridgehead atoms. The van der Waals surface area contributed by atoms with Crippen LogP contribution in [0.4, 0.5) is 0 Å². The molecule has 4 heteroatoms. The first-order chi connectivity index (χ1) is 11.0. The molecule has 5 rings (SSSR count). The quantitative estimate of drug-likeness (QED) is 0.591. The van der Waals surface area contributed by atoms with Crippen molar-refractivity contribution in [3.63, 3.8) is 0 Å². The second-order valence-electron chi connectivity index (χ2n) is 7.63. The zero-order valence-corrected chi connectivity index (χ0v) is 13.2. The Kier molecular flexibility index (Phi) is 3.36. The summed E-state index contributed by atoms with van der Waals surface area (Å²) in [5.74, 6) is 1.27. The maximum absolute atomic E-state index is 12.4. The molecule has 23 heavy (non-hydrogen) atoms. The first kappa shape index (κ1) is 14.6. The Morgan fingerprint density at radius 2 is 2.13 bits per heavy atom. The number of nitrogens with one attached hydrogen (secondary N) is 1. The average Bonchev–Trinajstić information content (AvgIpc) is 2.46. The number of phenols is 2. The maximum atomic E-state index is 12.4. The molecule has 122 valence electrons. The van der Waals surface area contributed by atoms with Crippen LogP contribution in [0.1, 0.15) is 44.1 Å². The van der Waals surface area contributed by atoms with Gasteiger partial charge in [-0.3, -0.25) is 4.79 Å². The smallest absolute Gasteiger partial charge is 0.220 e. The number of hydrogen-bond donors (Lipinski definition) is 3. The van der Waals surface area contributed by atoms with Crippen molar-refractivity contribution in [1.29, 1.82) is 0 Å². The molecular weight excluding hydrogens is 290 g/mol. The molecule has 3 atom stereocenters. The first-order valence-electron chi connectivity index (χ1n) is 8.53. The molecule has 0 heterocycles. The van der Waals surface area contributed by atoms with Gasteiger partial charge in [0.25, 0.3) is 0 Å². The number of phenolic OH excluding ortho intramolecular Hbond substituents is 2. The minimum Gasteiger partial charge on any atom is -0.504 e. The topological polar surface area (TPSA) is 69.6 Å². The number of rotatable bonds is 4. The van der Waals surface area contributed by atoms with Crippen molar-refractivity contribution >= 4 is 5.91 Å². The average molecular weight is 313 g/mol. The lowest BCUT2D eigenvalue weighted by atomic mass is 9.57. The largest absolute Gasteiger partial charge is 0.504 e. The number of amides is 1. The lowest BCUT2D eigenvalue weighted by molar-refractivity contribution is -0.124. The van der Waals surface area contributed by atoms with Gasteiger partial charge in [0.05, 0.1) is 0 Å². The molecule has 3 N–H and O–H groups in total. The van der Waals surface area contributed by atoms with E-state index in [-0.39, 0.29) is 22.9 Å². The van der Waals surface area contributed by atoms with Gasteiger partial charge in [-0.25, -0.2) is 0 Å². The minimum absolute atomic E-state index is 0.00406. The third-order valence-electron chi connectivity index (χ3n) is 5.64. The van der Waals surface area contributed by atoms with E-state index in [1.807, 2.05) is 0 Å². The minimum atomic E-state index is -0.129. The SMILES string of the molecule is O=C(CCc1ccc(O)c(O)c1)NC12CC3=CC(CC(C3)C1)C2. The lowest BCUT2D eigenvalue weighted by Crippen LogP contribution is -2.57. The van der Waals surface area contributed by atoms with Crippen molar-refractivity contribution in [3.8, 4) is 11.5 Å². The number of hydrogen-bond acceptors (Lipinski definition) is 3. The summed E-state index contributed by atoms with van der Waals surface area (Å²) in [5, 5.41) is 22.2. The number of aromatic hydroxyl groups is 2. The number of carbonyl (C=O) groups is 1. The van der Waals surface area contributed by atoms with Crippen molar-refractivity contribution in [3.05, 3.63) is 35.4 Å². The molecule has 0 radical (unpaired) electrons. The summed E-state index contributed by atoms with van der Waals surface area (Å²) in [7, 11) is 0. The lowest BCUT2D eigenvalue weighted by Gasteiger charge is -2.53. The molecule has 2 saturated carbocycles. The highest BCUT2D eigenvalue weighted by Gasteiger charge is 2.47. The van der Waals surface area contributed by atoms with Crippen molar-refractivity contribution in [1.82, 2.24) is 5.32 Å². The van der Waals surface area contributed by atoms with Gasteiger partial charge in [0, 0.05) is 12.0 Å². The fraction of sp³-hybridized carbons (Fsp3) is 0.526. The third-order valence-corrected chi connectivity index (χ3v) is 5.64. The monoisotopic (exact) mass is 313 g/mol. The standard InChI is InChI=1S/C19H23NO3/c21-16-3-1-12(8-17(16)22)2-4-18(23)20-19-9-13-5-14(10-19)7-15(6-13)11-19/h1,3,5,8,13,15,21-22H,2,4,6-7,9-11H2,(H,20,23).